The van der Waals surface area contributed by atoms with Crippen LogP contribution in [0.2, 0.25) is 0 Å². The van der Waals surface area contributed by atoms with E-state index in [2.05, 4.69) is 15.2 Å². The van der Waals surface area contributed by atoms with E-state index in [9.17, 15) is 27.6 Å². The smallest absolute Gasteiger partial charge is 0.338 e. The summed E-state index contributed by atoms with van der Waals surface area (Å²) in [6.45, 7) is 8.72. The van der Waals surface area contributed by atoms with Gasteiger partial charge in [-0.1, -0.05) is 6.07 Å². The van der Waals surface area contributed by atoms with Crippen molar-refractivity contribution in [3.8, 4) is 5.69 Å². The SMILES string of the molecule is CC(Cc1ccc(-n2ccc(NC(=O)N3CCN(C(=O)C(C)(C)N)CC3)nc2=O)cc1C(F)(F)F)N1C[C@@H]2C(CN)[C@@H]2C1. The Kier molecular flexibility index (Phi) is 8.31. The Morgan fingerprint density at radius 1 is 1.07 bits per heavy atom. The van der Waals surface area contributed by atoms with Crippen molar-refractivity contribution in [3.05, 3.63) is 52.1 Å². The Morgan fingerprint density at radius 2 is 1.70 bits per heavy atom. The van der Waals surface area contributed by atoms with Gasteiger partial charge in [-0.2, -0.15) is 18.2 Å². The first-order valence-corrected chi connectivity index (χ1v) is 14.6. The van der Waals surface area contributed by atoms with Crippen LogP contribution < -0.4 is 22.5 Å². The fourth-order valence-electron chi connectivity index (χ4n) is 6.37. The number of piperidine rings is 1. The van der Waals surface area contributed by atoms with Gasteiger partial charge in [0, 0.05) is 51.5 Å². The van der Waals surface area contributed by atoms with Crippen molar-refractivity contribution in [2.24, 2.45) is 29.2 Å². The van der Waals surface area contributed by atoms with Crippen LogP contribution in [0.15, 0.2) is 35.3 Å². The second-order valence-corrected chi connectivity index (χ2v) is 12.5. The molecule has 234 valence electrons. The molecule has 3 aliphatic rings. The number of hydrogen-bond donors (Lipinski definition) is 3. The van der Waals surface area contributed by atoms with Crippen molar-refractivity contribution in [2.45, 2.75) is 44.9 Å². The molecule has 5 N–H and O–H groups in total. The quantitative estimate of drug-likeness (QED) is 0.437. The maximum atomic E-state index is 14.1. The van der Waals surface area contributed by atoms with Crippen molar-refractivity contribution >= 4 is 17.8 Å². The molecule has 3 amide bonds. The molecule has 1 saturated carbocycles. The zero-order valence-corrected chi connectivity index (χ0v) is 24.6. The molecule has 4 atom stereocenters. The number of anilines is 1. The first-order chi connectivity index (χ1) is 20.2. The number of fused-ring (bicyclic) bond motifs is 1. The van der Waals surface area contributed by atoms with Gasteiger partial charge in [0.25, 0.3) is 0 Å². The van der Waals surface area contributed by atoms with Gasteiger partial charge in [-0.15, -0.1) is 0 Å². The third kappa shape index (κ3) is 6.55. The molecule has 2 unspecified atom stereocenters. The highest BCUT2D eigenvalue weighted by Crippen LogP contribution is 2.51. The maximum absolute atomic E-state index is 14.1. The second-order valence-electron chi connectivity index (χ2n) is 12.5. The molecule has 2 saturated heterocycles. The summed E-state index contributed by atoms with van der Waals surface area (Å²) in [4.78, 5) is 47.1. The number of piperazine rings is 1. The van der Waals surface area contributed by atoms with Crippen LogP contribution in [0.1, 0.15) is 31.9 Å². The molecule has 0 radical (unpaired) electrons. The Labute approximate surface area is 248 Å². The van der Waals surface area contributed by atoms with Crippen molar-refractivity contribution in [1.29, 1.82) is 0 Å². The Morgan fingerprint density at radius 3 is 2.26 bits per heavy atom. The van der Waals surface area contributed by atoms with Crippen LogP contribution in [0.25, 0.3) is 5.69 Å². The van der Waals surface area contributed by atoms with Crippen LogP contribution >= 0.6 is 0 Å². The number of hydrogen-bond acceptors (Lipinski definition) is 7. The molecule has 2 aromatic rings. The van der Waals surface area contributed by atoms with Gasteiger partial charge in [0.2, 0.25) is 5.91 Å². The summed E-state index contributed by atoms with van der Waals surface area (Å²) in [5.41, 5.74) is 9.22. The number of aromatic nitrogens is 2. The molecule has 0 spiro atoms. The summed E-state index contributed by atoms with van der Waals surface area (Å²) in [7, 11) is 0. The predicted octanol–water partition coefficient (Wildman–Crippen LogP) is 1.73. The first kappa shape index (κ1) is 31.0. The normalized spacial score (nSPS) is 23.2. The largest absolute Gasteiger partial charge is 0.416 e. The molecular weight excluding hydrogens is 565 g/mol. The molecule has 3 fully saturated rings. The van der Waals surface area contributed by atoms with E-state index in [0.717, 1.165) is 23.7 Å². The van der Waals surface area contributed by atoms with Crippen molar-refractivity contribution in [1.82, 2.24) is 24.3 Å². The number of nitrogens with two attached hydrogens (primary N) is 2. The fourth-order valence-corrected chi connectivity index (χ4v) is 6.37. The molecule has 3 heterocycles. The van der Waals surface area contributed by atoms with Gasteiger partial charge < -0.3 is 21.3 Å². The lowest BCUT2D eigenvalue weighted by molar-refractivity contribution is -0.138. The standard InChI is InChI=1S/C29H39F3N8O3/c1-17(39-15-21-20(14-33)22(21)16-39)12-18-4-5-19(13-23(18)29(30,31)32)40-7-6-24(36-27(40)43)35-26(42)38-10-8-37(9-11-38)25(41)28(2,3)34/h4-7,13,17,20-22H,8-12,14-16,33-34H2,1-3H3,(H,35,36,42,43)/t17?,20?,21-,22+. The van der Waals surface area contributed by atoms with Crippen LogP contribution in [-0.4, -0.2) is 93.6 Å². The van der Waals surface area contributed by atoms with Gasteiger partial charge in [0.05, 0.1) is 16.8 Å². The van der Waals surface area contributed by atoms with E-state index in [1.54, 1.807) is 18.7 Å². The molecule has 2 aliphatic heterocycles. The number of urea groups is 1. The summed E-state index contributed by atoms with van der Waals surface area (Å²) < 4.78 is 43.4. The van der Waals surface area contributed by atoms with Gasteiger partial charge in [-0.3, -0.25) is 19.6 Å². The minimum atomic E-state index is -4.61. The number of nitrogens with zero attached hydrogens (tertiary/aromatic N) is 5. The molecule has 14 heteroatoms. The highest BCUT2D eigenvalue weighted by atomic mass is 19.4. The monoisotopic (exact) mass is 604 g/mol. The molecule has 1 aromatic heterocycles. The van der Waals surface area contributed by atoms with E-state index in [0.29, 0.717) is 37.4 Å². The van der Waals surface area contributed by atoms with Crippen molar-refractivity contribution in [3.63, 3.8) is 0 Å². The fraction of sp³-hybridized carbons (Fsp3) is 0.586. The summed E-state index contributed by atoms with van der Waals surface area (Å²) >= 11 is 0. The lowest BCUT2D eigenvalue weighted by atomic mass is 9.98. The van der Waals surface area contributed by atoms with Gasteiger partial charge in [-0.05, 0) is 75.3 Å². The van der Waals surface area contributed by atoms with Crippen LogP contribution in [0.4, 0.5) is 23.8 Å². The zero-order valence-electron chi connectivity index (χ0n) is 24.6. The van der Waals surface area contributed by atoms with Crippen LogP contribution in [0.3, 0.4) is 0 Å². The Balaban J connectivity index is 1.24. The average Bonchev–Trinajstić information content (AvgIpc) is 3.41. The number of alkyl halides is 3. The predicted molar refractivity (Wildman–Crippen MR) is 155 cm³/mol. The lowest BCUT2D eigenvalue weighted by Gasteiger charge is -2.37. The molecule has 0 bridgehead atoms. The average molecular weight is 605 g/mol. The molecule has 43 heavy (non-hydrogen) atoms. The van der Waals surface area contributed by atoms with E-state index < -0.39 is 29.0 Å². The molecule has 5 rings (SSSR count). The highest BCUT2D eigenvalue weighted by Gasteiger charge is 2.55. The van der Waals surface area contributed by atoms with E-state index in [-0.39, 0.29) is 48.5 Å². The van der Waals surface area contributed by atoms with Gasteiger partial charge >= 0.3 is 17.9 Å². The number of rotatable bonds is 7. The van der Waals surface area contributed by atoms with E-state index in [1.807, 2.05) is 6.92 Å². The van der Waals surface area contributed by atoms with Gasteiger partial charge in [0.15, 0.2) is 0 Å². The minimum Gasteiger partial charge on any atom is -0.338 e. The number of nitrogens with one attached hydrogen (secondary N) is 1. The number of halogens is 3. The van der Waals surface area contributed by atoms with Crippen LogP contribution in [0.5, 0.6) is 0 Å². The van der Waals surface area contributed by atoms with Gasteiger partial charge in [0.1, 0.15) is 5.82 Å². The number of carbonyl (C=O) groups excluding carboxylic acids is 2. The van der Waals surface area contributed by atoms with Gasteiger partial charge in [-0.25, -0.2) is 9.59 Å². The summed E-state index contributed by atoms with van der Waals surface area (Å²) in [6, 6.07) is 4.66. The molecular formula is C29H39F3N8O3. The third-order valence-corrected chi connectivity index (χ3v) is 8.93. The zero-order chi connectivity index (χ0) is 31.3. The van der Waals surface area contributed by atoms with E-state index in [1.165, 1.54) is 29.3 Å². The summed E-state index contributed by atoms with van der Waals surface area (Å²) in [5, 5.41) is 2.55. The van der Waals surface area contributed by atoms with Crippen LogP contribution in [0, 0.1) is 17.8 Å². The Bertz CT molecular complexity index is 1420. The highest BCUT2D eigenvalue weighted by molar-refractivity contribution is 5.89. The molecule has 1 aliphatic carbocycles. The second kappa shape index (κ2) is 11.5. The summed E-state index contributed by atoms with van der Waals surface area (Å²) in [5.74, 6) is 1.40. The third-order valence-electron chi connectivity index (χ3n) is 8.93. The van der Waals surface area contributed by atoms with Crippen LogP contribution in [-0.2, 0) is 17.4 Å². The molecule has 11 nitrogen and oxygen atoms in total. The van der Waals surface area contributed by atoms with E-state index in [4.69, 9.17) is 11.5 Å². The maximum Gasteiger partial charge on any atom is 0.416 e. The van der Waals surface area contributed by atoms with Crippen molar-refractivity contribution in [2.75, 3.05) is 51.1 Å². The first-order valence-electron chi connectivity index (χ1n) is 14.6. The van der Waals surface area contributed by atoms with E-state index >= 15 is 0 Å². The molecule has 1 aromatic carbocycles. The number of amides is 3. The minimum absolute atomic E-state index is 0.0240. The number of carbonyl (C=O) groups is 2. The topological polar surface area (TPSA) is 143 Å². The summed E-state index contributed by atoms with van der Waals surface area (Å²) in [6.07, 6.45) is -3.10. The Hall–Kier alpha value is -3.49. The van der Waals surface area contributed by atoms with Crippen molar-refractivity contribution < 1.29 is 22.8 Å². The lowest BCUT2D eigenvalue weighted by Crippen LogP contribution is -2.58. The number of likely N-dealkylation sites (tertiary alicyclic amines) is 1. The number of benzene rings is 1.